The molecule has 5 nitrogen and oxygen atoms in total. The molecule has 1 atom stereocenters. The van der Waals surface area contributed by atoms with Gasteiger partial charge in [0, 0.05) is 55.7 Å². The maximum Gasteiger partial charge on any atom is 0.228 e. The Balaban J connectivity index is 1.69. The molecular formula is C19H26N4O. The Morgan fingerprint density at radius 1 is 1.38 bits per heavy atom. The van der Waals surface area contributed by atoms with Crippen molar-refractivity contribution >= 4 is 17.3 Å². The van der Waals surface area contributed by atoms with Crippen molar-refractivity contribution in [3.63, 3.8) is 0 Å². The summed E-state index contributed by atoms with van der Waals surface area (Å²) in [5.74, 6) is 1.11. The van der Waals surface area contributed by atoms with E-state index in [1.165, 1.54) is 5.69 Å². The number of rotatable bonds is 5. The second-order valence-corrected chi connectivity index (χ2v) is 6.39. The van der Waals surface area contributed by atoms with Gasteiger partial charge in [0.2, 0.25) is 5.91 Å². The number of aromatic nitrogens is 2. The smallest absolute Gasteiger partial charge is 0.228 e. The lowest BCUT2D eigenvalue weighted by Crippen LogP contribution is -2.30. The number of benzene rings is 1. The summed E-state index contributed by atoms with van der Waals surface area (Å²) in [6.07, 6.45) is 5.38. The first-order valence-corrected chi connectivity index (χ1v) is 8.78. The van der Waals surface area contributed by atoms with Crippen molar-refractivity contribution in [2.75, 3.05) is 23.3 Å². The number of fused-ring (bicyclic) bond motifs is 1. The third kappa shape index (κ3) is 3.30. The zero-order chi connectivity index (χ0) is 17.1. The van der Waals surface area contributed by atoms with Crippen LogP contribution in [0.15, 0.2) is 30.6 Å². The van der Waals surface area contributed by atoms with Crippen LogP contribution >= 0.6 is 0 Å². The van der Waals surface area contributed by atoms with Gasteiger partial charge >= 0.3 is 0 Å². The average Bonchev–Trinajstić information content (AvgIpc) is 3.05. The van der Waals surface area contributed by atoms with E-state index in [1.807, 2.05) is 18.5 Å². The summed E-state index contributed by atoms with van der Waals surface area (Å²) in [5.41, 5.74) is 3.21. The molecule has 1 amide bonds. The maximum absolute atomic E-state index is 12.6. The highest BCUT2D eigenvalue weighted by atomic mass is 16.1. The molecule has 24 heavy (non-hydrogen) atoms. The number of aryl methyl sites for hydroxylation is 2. The fourth-order valence-corrected chi connectivity index (χ4v) is 3.38. The van der Waals surface area contributed by atoms with Gasteiger partial charge in [0.15, 0.2) is 0 Å². The van der Waals surface area contributed by atoms with Crippen LogP contribution in [-0.4, -0.2) is 28.5 Å². The number of amides is 1. The number of carbonyl (C=O) groups excluding carboxylic acids is 1. The van der Waals surface area contributed by atoms with E-state index in [0.29, 0.717) is 0 Å². The maximum atomic E-state index is 12.6. The summed E-state index contributed by atoms with van der Waals surface area (Å²) in [6.45, 7) is 9.19. The van der Waals surface area contributed by atoms with Gasteiger partial charge in [-0.25, -0.2) is 4.98 Å². The molecule has 5 heteroatoms. The van der Waals surface area contributed by atoms with Gasteiger partial charge in [0.25, 0.3) is 0 Å². The highest BCUT2D eigenvalue weighted by Gasteiger charge is 2.25. The fourth-order valence-electron chi connectivity index (χ4n) is 3.38. The first kappa shape index (κ1) is 16.6. The summed E-state index contributed by atoms with van der Waals surface area (Å²) < 4.78 is 2.13. The number of nitrogens with one attached hydrogen (secondary N) is 1. The van der Waals surface area contributed by atoms with Gasteiger partial charge in [-0.3, -0.25) is 4.79 Å². The highest BCUT2D eigenvalue weighted by molar-refractivity contribution is 5.93. The fraction of sp³-hybridized carbons (Fsp3) is 0.474. The lowest BCUT2D eigenvalue weighted by Gasteiger charge is -2.24. The average molecular weight is 326 g/mol. The SMILES string of the molecule is CCN(CC)c1ccc(NC(=O)C2CCn3ccnc3C2)c(C)c1. The van der Waals surface area contributed by atoms with E-state index in [1.54, 1.807) is 0 Å². The van der Waals surface area contributed by atoms with Crippen LogP contribution < -0.4 is 10.2 Å². The largest absolute Gasteiger partial charge is 0.372 e. The summed E-state index contributed by atoms with van der Waals surface area (Å²) in [6, 6.07) is 6.25. The molecule has 1 aliphatic heterocycles. The molecule has 0 bridgehead atoms. The second-order valence-electron chi connectivity index (χ2n) is 6.39. The Hall–Kier alpha value is -2.30. The van der Waals surface area contributed by atoms with E-state index in [0.717, 1.165) is 49.6 Å². The van der Waals surface area contributed by atoms with Crippen molar-refractivity contribution < 1.29 is 4.79 Å². The Morgan fingerprint density at radius 2 is 2.17 bits per heavy atom. The van der Waals surface area contributed by atoms with Gasteiger partial charge in [-0.2, -0.15) is 0 Å². The molecule has 1 unspecified atom stereocenters. The topological polar surface area (TPSA) is 50.2 Å². The van der Waals surface area contributed by atoms with Crippen LogP contribution in [0, 0.1) is 12.8 Å². The number of imidazole rings is 1. The minimum absolute atomic E-state index is 0.00163. The molecule has 0 aliphatic carbocycles. The molecule has 1 aliphatic rings. The van der Waals surface area contributed by atoms with Gasteiger partial charge < -0.3 is 14.8 Å². The van der Waals surface area contributed by atoms with E-state index in [-0.39, 0.29) is 11.8 Å². The first-order valence-electron chi connectivity index (χ1n) is 8.78. The quantitative estimate of drug-likeness (QED) is 0.918. The van der Waals surface area contributed by atoms with Crippen LogP contribution in [0.3, 0.4) is 0 Å². The Morgan fingerprint density at radius 3 is 2.88 bits per heavy atom. The third-order valence-corrected chi connectivity index (χ3v) is 4.92. The van der Waals surface area contributed by atoms with Crippen molar-refractivity contribution in [2.45, 2.75) is 40.2 Å². The molecule has 0 radical (unpaired) electrons. The van der Waals surface area contributed by atoms with Gasteiger partial charge in [-0.05, 0) is 51.0 Å². The monoisotopic (exact) mass is 326 g/mol. The van der Waals surface area contributed by atoms with Crippen molar-refractivity contribution in [3.05, 3.63) is 42.0 Å². The number of hydrogen-bond donors (Lipinski definition) is 1. The predicted molar refractivity (Wildman–Crippen MR) is 97.4 cm³/mol. The normalized spacial score (nSPS) is 16.5. The molecule has 2 heterocycles. The minimum atomic E-state index is 0.00163. The van der Waals surface area contributed by atoms with E-state index in [9.17, 15) is 4.79 Å². The molecule has 128 valence electrons. The molecule has 3 rings (SSSR count). The molecule has 0 saturated carbocycles. The van der Waals surface area contributed by atoms with Crippen LogP contribution in [0.25, 0.3) is 0 Å². The number of anilines is 2. The Labute approximate surface area is 143 Å². The minimum Gasteiger partial charge on any atom is -0.372 e. The van der Waals surface area contributed by atoms with Crippen molar-refractivity contribution in [3.8, 4) is 0 Å². The van der Waals surface area contributed by atoms with Crippen LogP contribution in [0.2, 0.25) is 0 Å². The van der Waals surface area contributed by atoms with Gasteiger partial charge in [-0.15, -0.1) is 0 Å². The summed E-state index contributed by atoms with van der Waals surface area (Å²) in [5, 5.41) is 3.11. The molecule has 0 spiro atoms. The van der Waals surface area contributed by atoms with E-state index >= 15 is 0 Å². The lowest BCUT2D eigenvalue weighted by molar-refractivity contribution is -0.120. The summed E-state index contributed by atoms with van der Waals surface area (Å²) in [7, 11) is 0. The molecule has 1 aromatic carbocycles. The predicted octanol–water partition coefficient (Wildman–Crippen LogP) is 3.24. The molecule has 1 aromatic heterocycles. The number of hydrogen-bond acceptors (Lipinski definition) is 3. The van der Waals surface area contributed by atoms with Crippen molar-refractivity contribution in [1.82, 2.24) is 9.55 Å². The standard InChI is InChI=1S/C19H26N4O/c1-4-22(5-2)16-6-7-17(14(3)12-16)21-19(24)15-8-10-23-11-9-20-18(23)13-15/h6-7,9,11-12,15H,4-5,8,10,13H2,1-3H3,(H,21,24). The summed E-state index contributed by atoms with van der Waals surface area (Å²) in [4.78, 5) is 19.3. The zero-order valence-electron chi connectivity index (χ0n) is 14.7. The molecule has 1 N–H and O–H groups in total. The second kappa shape index (κ2) is 7.07. The van der Waals surface area contributed by atoms with Gasteiger partial charge in [-0.1, -0.05) is 0 Å². The van der Waals surface area contributed by atoms with Crippen molar-refractivity contribution in [2.24, 2.45) is 5.92 Å². The molecule has 0 fully saturated rings. The number of nitrogens with zero attached hydrogens (tertiary/aromatic N) is 3. The zero-order valence-corrected chi connectivity index (χ0v) is 14.7. The van der Waals surface area contributed by atoms with Gasteiger partial charge in [0.1, 0.15) is 5.82 Å². The van der Waals surface area contributed by atoms with Crippen LogP contribution in [-0.2, 0) is 17.8 Å². The van der Waals surface area contributed by atoms with Crippen LogP contribution in [0.1, 0.15) is 31.7 Å². The molecular weight excluding hydrogens is 300 g/mol. The molecule has 0 saturated heterocycles. The number of carbonyl (C=O) groups is 1. The van der Waals surface area contributed by atoms with E-state index < -0.39 is 0 Å². The first-order chi connectivity index (χ1) is 11.6. The Bertz CT molecular complexity index is 718. The third-order valence-electron chi connectivity index (χ3n) is 4.92. The van der Waals surface area contributed by atoms with Gasteiger partial charge in [0.05, 0.1) is 0 Å². The van der Waals surface area contributed by atoms with Crippen LogP contribution in [0.4, 0.5) is 11.4 Å². The molecule has 2 aromatic rings. The van der Waals surface area contributed by atoms with Crippen molar-refractivity contribution in [1.29, 1.82) is 0 Å². The summed E-state index contributed by atoms with van der Waals surface area (Å²) >= 11 is 0. The Kier molecular flexibility index (Phi) is 4.88. The van der Waals surface area contributed by atoms with E-state index in [2.05, 4.69) is 52.7 Å². The van der Waals surface area contributed by atoms with Crippen LogP contribution in [0.5, 0.6) is 0 Å². The highest BCUT2D eigenvalue weighted by Crippen LogP contribution is 2.25. The lowest BCUT2D eigenvalue weighted by atomic mass is 9.96. The van der Waals surface area contributed by atoms with E-state index in [4.69, 9.17) is 0 Å².